The zero-order valence-corrected chi connectivity index (χ0v) is 11.8. The zero-order valence-electron chi connectivity index (χ0n) is 11.0. The summed E-state index contributed by atoms with van der Waals surface area (Å²) in [4.78, 5) is 12.0. The molecule has 0 aromatic carbocycles. The van der Waals surface area contributed by atoms with Crippen LogP contribution in [0, 0.1) is 0 Å². The number of aromatic nitrogens is 4. The van der Waals surface area contributed by atoms with E-state index < -0.39 is 24.5 Å². The van der Waals surface area contributed by atoms with Crippen molar-refractivity contribution in [3.63, 3.8) is 0 Å². The van der Waals surface area contributed by atoms with Crippen molar-refractivity contribution in [2.24, 2.45) is 0 Å². The summed E-state index contributed by atoms with van der Waals surface area (Å²) in [5.41, 5.74) is 6.27. The molecule has 1 aliphatic rings. The van der Waals surface area contributed by atoms with Gasteiger partial charge in [0.15, 0.2) is 17.0 Å². The van der Waals surface area contributed by atoms with Gasteiger partial charge in [-0.2, -0.15) is 9.97 Å². The number of aliphatic hydroxyl groups is 2. The third-order valence-electron chi connectivity index (χ3n) is 3.43. The van der Waals surface area contributed by atoms with Gasteiger partial charge < -0.3 is 25.4 Å². The maximum Gasteiger partial charge on any atom is 0.223 e. The van der Waals surface area contributed by atoms with E-state index in [0.29, 0.717) is 11.2 Å². The molecule has 21 heavy (non-hydrogen) atoms. The van der Waals surface area contributed by atoms with Crippen LogP contribution in [0.5, 0.6) is 0 Å². The van der Waals surface area contributed by atoms with Gasteiger partial charge in [0, 0.05) is 7.11 Å². The zero-order chi connectivity index (χ0) is 15.1. The third kappa shape index (κ3) is 2.23. The van der Waals surface area contributed by atoms with E-state index in [-0.39, 0.29) is 17.7 Å². The number of imidazole rings is 1. The molecule has 3 heterocycles. The summed E-state index contributed by atoms with van der Waals surface area (Å²) in [6, 6.07) is 0. The minimum Gasteiger partial charge on any atom is -0.394 e. The predicted octanol–water partition coefficient (Wildman–Crippen LogP) is -0.673. The fourth-order valence-corrected chi connectivity index (χ4v) is 2.69. The lowest BCUT2D eigenvalue weighted by atomic mass is 10.1. The highest BCUT2D eigenvalue weighted by Crippen LogP contribution is 2.33. The lowest BCUT2D eigenvalue weighted by molar-refractivity contribution is -0.0535. The van der Waals surface area contributed by atoms with Gasteiger partial charge in [0.05, 0.1) is 12.9 Å². The first kappa shape index (κ1) is 14.4. The van der Waals surface area contributed by atoms with Crippen LogP contribution in [0.2, 0.25) is 5.15 Å². The van der Waals surface area contributed by atoms with Crippen LogP contribution in [0.1, 0.15) is 6.23 Å². The van der Waals surface area contributed by atoms with Crippen molar-refractivity contribution in [1.82, 2.24) is 19.5 Å². The SMILES string of the molecule is COC1C(CO)OC(n2cnc3c(Cl)nc(N)nc32)C1O. The summed E-state index contributed by atoms with van der Waals surface area (Å²) in [5.74, 6) is -0.0104. The Balaban J connectivity index is 2.05. The molecule has 10 heteroatoms. The van der Waals surface area contributed by atoms with E-state index in [1.807, 2.05) is 0 Å². The molecule has 0 saturated carbocycles. The molecule has 2 aromatic rings. The normalized spacial score (nSPS) is 29.3. The molecule has 4 N–H and O–H groups in total. The van der Waals surface area contributed by atoms with Crippen molar-refractivity contribution in [1.29, 1.82) is 0 Å². The number of methoxy groups -OCH3 is 1. The maximum absolute atomic E-state index is 10.3. The van der Waals surface area contributed by atoms with Crippen molar-refractivity contribution in [3.05, 3.63) is 11.5 Å². The second-order valence-corrected chi connectivity index (χ2v) is 4.99. The van der Waals surface area contributed by atoms with Crippen molar-refractivity contribution < 1.29 is 19.7 Å². The number of nitrogen functional groups attached to an aromatic ring is 1. The molecule has 114 valence electrons. The Morgan fingerprint density at radius 3 is 2.90 bits per heavy atom. The van der Waals surface area contributed by atoms with Gasteiger partial charge in [-0.15, -0.1) is 0 Å². The second kappa shape index (κ2) is 5.35. The summed E-state index contributed by atoms with van der Waals surface area (Å²) in [6.45, 7) is -0.281. The molecule has 3 rings (SSSR count). The largest absolute Gasteiger partial charge is 0.394 e. The van der Waals surface area contributed by atoms with Crippen LogP contribution in [-0.4, -0.2) is 61.8 Å². The summed E-state index contributed by atoms with van der Waals surface area (Å²) in [5, 5.41) is 19.7. The fraction of sp³-hybridized carbons (Fsp3) is 0.545. The molecule has 9 nitrogen and oxygen atoms in total. The summed E-state index contributed by atoms with van der Waals surface area (Å²) in [6.07, 6.45) is -1.71. The van der Waals surface area contributed by atoms with Gasteiger partial charge in [-0.05, 0) is 0 Å². The number of aliphatic hydroxyl groups excluding tert-OH is 2. The number of hydrogen-bond donors (Lipinski definition) is 3. The van der Waals surface area contributed by atoms with E-state index in [4.69, 9.17) is 26.8 Å². The Kier molecular flexibility index (Phi) is 3.68. The van der Waals surface area contributed by atoms with Gasteiger partial charge >= 0.3 is 0 Å². The minimum absolute atomic E-state index is 0.0104. The molecule has 1 aliphatic heterocycles. The Morgan fingerprint density at radius 1 is 1.52 bits per heavy atom. The monoisotopic (exact) mass is 315 g/mol. The first-order valence-electron chi connectivity index (χ1n) is 6.19. The highest BCUT2D eigenvalue weighted by molar-refractivity contribution is 6.33. The van der Waals surface area contributed by atoms with Crippen molar-refractivity contribution in [2.75, 3.05) is 19.5 Å². The van der Waals surface area contributed by atoms with Crippen molar-refractivity contribution in [3.8, 4) is 0 Å². The summed E-state index contributed by atoms with van der Waals surface area (Å²) < 4.78 is 12.3. The highest BCUT2D eigenvalue weighted by atomic mass is 35.5. The number of anilines is 1. The maximum atomic E-state index is 10.3. The number of fused-ring (bicyclic) bond motifs is 1. The molecular formula is C11H14ClN5O4. The van der Waals surface area contributed by atoms with Crippen LogP contribution in [0.15, 0.2) is 6.33 Å². The van der Waals surface area contributed by atoms with Gasteiger partial charge in [-0.1, -0.05) is 11.6 Å². The Hall–Kier alpha value is -1.52. The first-order valence-corrected chi connectivity index (χ1v) is 6.57. The first-order chi connectivity index (χ1) is 10.1. The Morgan fingerprint density at radius 2 is 2.29 bits per heavy atom. The molecule has 2 aromatic heterocycles. The number of nitrogens with two attached hydrogens (primary N) is 1. The van der Waals surface area contributed by atoms with E-state index in [1.54, 1.807) is 0 Å². The Bertz CT molecular complexity index is 665. The molecule has 0 aliphatic carbocycles. The number of hydrogen-bond acceptors (Lipinski definition) is 8. The van der Waals surface area contributed by atoms with Crippen molar-refractivity contribution in [2.45, 2.75) is 24.5 Å². The van der Waals surface area contributed by atoms with Gasteiger partial charge in [0.2, 0.25) is 5.95 Å². The van der Waals surface area contributed by atoms with E-state index in [0.717, 1.165) is 0 Å². The van der Waals surface area contributed by atoms with Crippen LogP contribution < -0.4 is 5.73 Å². The van der Waals surface area contributed by atoms with Crippen LogP contribution in [0.4, 0.5) is 5.95 Å². The molecule has 4 unspecified atom stereocenters. The van der Waals surface area contributed by atoms with Crippen molar-refractivity contribution >= 4 is 28.7 Å². The van der Waals surface area contributed by atoms with Gasteiger partial charge in [-0.25, -0.2) is 4.98 Å². The van der Waals surface area contributed by atoms with E-state index >= 15 is 0 Å². The van der Waals surface area contributed by atoms with Gasteiger partial charge in [-0.3, -0.25) is 4.57 Å². The second-order valence-electron chi connectivity index (χ2n) is 4.64. The Labute approximate surface area is 124 Å². The standard InChI is InChI=1S/C11H14ClN5O4/c1-20-7-4(2-18)21-10(6(7)19)17-3-14-5-8(12)15-11(13)16-9(5)17/h3-4,6-7,10,18-19H,2H2,1H3,(H2,13,15,16). The number of ether oxygens (including phenoxy) is 2. The molecule has 4 atom stereocenters. The molecule has 0 bridgehead atoms. The summed E-state index contributed by atoms with van der Waals surface area (Å²) in [7, 11) is 1.44. The molecular weight excluding hydrogens is 302 g/mol. The topological polar surface area (TPSA) is 129 Å². The van der Waals surface area contributed by atoms with Crippen LogP contribution in [0.3, 0.4) is 0 Å². The number of rotatable bonds is 3. The average Bonchev–Trinajstić information content (AvgIpc) is 2.99. The molecule has 0 spiro atoms. The average molecular weight is 316 g/mol. The molecule has 0 amide bonds. The quantitative estimate of drug-likeness (QED) is 0.636. The number of nitrogens with zero attached hydrogens (tertiary/aromatic N) is 4. The van der Waals surface area contributed by atoms with E-state index in [1.165, 1.54) is 18.0 Å². The van der Waals surface area contributed by atoms with E-state index in [9.17, 15) is 10.2 Å². The van der Waals surface area contributed by atoms with Crippen LogP contribution in [-0.2, 0) is 9.47 Å². The fourth-order valence-electron chi connectivity index (χ4n) is 2.47. The van der Waals surface area contributed by atoms with Crippen LogP contribution in [0.25, 0.3) is 11.2 Å². The van der Waals surface area contributed by atoms with Gasteiger partial charge in [0.25, 0.3) is 0 Å². The minimum atomic E-state index is -1.00. The van der Waals surface area contributed by atoms with E-state index in [2.05, 4.69) is 15.0 Å². The predicted molar refractivity (Wildman–Crippen MR) is 72.5 cm³/mol. The molecule has 1 saturated heterocycles. The lowest BCUT2D eigenvalue weighted by Crippen LogP contribution is -2.35. The van der Waals surface area contributed by atoms with Crippen LogP contribution >= 0.6 is 11.6 Å². The lowest BCUT2D eigenvalue weighted by Gasteiger charge is -2.17. The number of halogens is 1. The smallest absolute Gasteiger partial charge is 0.223 e. The molecule has 1 fully saturated rings. The highest BCUT2D eigenvalue weighted by Gasteiger charge is 2.45. The third-order valence-corrected chi connectivity index (χ3v) is 3.70. The molecule has 0 radical (unpaired) electrons. The van der Waals surface area contributed by atoms with Gasteiger partial charge in [0.1, 0.15) is 23.8 Å². The summed E-state index contributed by atoms with van der Waals surface area (Å²) >= 11 is 5.96.